The first-order valence-corrected chi connectivity index (χ1v) is 6.95. The Morgan fingerprint density at radius 1 is 1.04 bits per heavy atom. The summed E-state index contributed by atoms with van der Waals surface area (Å²) in [4.78, 5) is 34.5. The Labute approximate surface area is 132 Å². The normalized spacial score (nSPS) is 10.0. The van der Waals surface area contributed by atoms with Gasteiger partial charge in [0.15, 0.2) is 11.6 Å². The van der Waals surface area contributed by atoms with Gasteiger partial charge < -0.3 is 14.5 Å². The van der Waals surface area contributed by atoms with E-state index in [-0.39, 0.29) is 17.6 Å². The molecule has 0 fully saturated rings. The molecule has 23 heavy (non-hydrogen) atoms. The zero-order chi connectivity index (χ0) is 16.8. The number of ether oxygens (including phenoxy) is 1. The molecule has 7 heteroatoms. The Morgan fingerprint density at radius 3 is 2.35 bits per heavy atom. The summed E-state index contributed by atoms with van der Waals surface area (Å²) in [5, 5.41) is 5.06. The molecule has 2 N–H and O–H groups in total. The van der Waals surface area contributed by atoms with Crippen LogP contribution in [0.3, 0.4) is 0 Å². The minimum atomic E-state index is -0.467. The first-order valence-electron chi connectivity index (χ1n) is 6.95. The summed E-state index contributed by atoms with van der Waals surface area (Å²) < 4.78 is 10.1. The fourth-order valence-corrected chi connectivity index (χ4v) is 1.80. The number of furan rings is 1. The first-order chi connectivity index (χ1) is 11.0. The summed E-state index contributed by atoms with van der Waals surface area (Å²) in [5.74, 6) is -0.925. The lowest BCUT2D eigenvalue weighted by Crippen LogP contribution is -2.11. The molecule has 0 radical (unpaired) electrons. The molecular weight excluding hydrogens is 300 g/mol. The van der Waals surface area contributed by atoms with Gasteiger partial charge in [-0.3, -0.25) is 14.9 Å². The molecule has 0 aliphatic heterocycles. The maximum Gasteiger partial charge on any atom is 0.338 e. The smallest absolute Gasteiger partial charge is 0.338 e. The van der Waals surface area contributed by atoms with Crippen LogP contribution in [0, 0.1) is 0 Å². The van der Waals surface area contributed by atoms with E-state index in [1.54, 1.807) is 31.2 Å². The Bertz CT molecular complexity index is 718. The van der Waals surface area contributed by atoms with Crippen LogP contribution in [0.1, 0.15) is 34.8 Å². The van der Waals surface area contributed by atoms with E-state index in [9.17, 15) is 14.4 Å². The maximum atomic E-state index is 12.0. The summed E-state index contributed by atoms with van der Waals surface area (Å²) in [6, 6.07) is 9.22. The Balaban J connectivity index is 2.01. The van der Waals surface area contributed by atoms with Crippen LogP contribution in [0.5, 0.6) is 0 Å². The largest absolute Gasteiger partial charge is 0.462 e. The molecule has 0 spiro atoms. The van der Waals surface area contributed by atoms with Gasteiger partial charge in [-0.2, -0.15) is 0 Å². The van der Waals surface area contributed by atoms with Crippen molar-refractivity contribution in [3.8, 4) is 0 Å². The molecule has 0 aliphatic carbocycles. The number of amides is 2. The molecular formula is C16H16N2O5. The molecule has 0 unspecified atom stereocenters. The van der Waals surface area contributed by atoms with Crippen molar-refractivity contribution in [2.75, 3.05) is 17.2 Å². The van der Waals surface area contributed by atoms with Gasteiger partial charge in [0.25, 0.3) is 5.91 Å². The Hall–Kier alpha value is -3.09. The van der Waals surface area contributed by atoms with E-state index in [0.29, 0.717) is 17.9 Å². The number of hydrogen-bond acceptors (Lipinski definition) is 5. The van der Waals surface area contributed by atoms with E-state index < -0.39 is 11.9 Å². The highest BCUT2D eigenvalue weighted by Crippen LogP contribution is 2.16. The highest BCUT2D eigenvalue weighted by atomic mass is 16.5. The third-order valence-corrected chi connectivity index (χ3v) is 2.78. The number of esters is 1. The van der Waals surface area contributed by atoms with Gasteiger partial charge in [0.05, 0.1) is 12.2 Å². The fourth-order valence-electron chi connectivity index (χ4n) is 1.80. The number of anilines is 2. The molecule has 1 aromatic carbocycles. The zero-order valence-electron chi connectivity index (χ0n) is 12.7. The van der Waals surface area contributed by atoms with Crippen LogP contribution in [-0.4, -0.2) is 24.4 Å². The van der Waals surface area contributed by atoms with Gasteiger partial charge in [0, 0.05) is 18.7 Å². The molecule has 0 saturated heterocycles. The Kier molecular flexibility index (Phi) is 5.14. The lowest BCUT2D eigenvalue weighted by Gasteiger charge is -2.05. The van der Waals surface area contributed by atoms with E-state index in [2.05, 4.69) is 10.6 Å². The molecule has 2 amide bonds. The van der Waals surface area contributed by atoms with Crippen LogP contribution >= 0.6 is 0 Å². The lowest BCUT2D eigenvalue weighted by atomic mass is 10.2. The van der Waals surface area contributed by atoms with Crippen LogP contribution in [-0.2, 0) is 9.53 Å². The molecule has 1 heterocycles. The second-order valence-electron chi connectivity index (χ2n) is 4.60. The summed E-state index contributed by atoms with van der Waals surface area (Å²) in [5.41, 5.74) is 0.899. The van der Waals surface area contributed by atoms with E-state index in [1.807, 2.05) is 0 Å². The zero-order valence-corrected chi connectivity index (χ0v) is 12.7. The highest BCUT2D eigenvalue weighted by Gasteiger charge is 2.13. The average Bonchev–Trinajstić information content (AvgIpc) is 2.96. The van der Waals surface area contributed by atoms with E-state index >= 15 is 0 Å². The van der Waals surface area contributed by atoms with Crippen LogP contribution < -0.4 is 10.6 Å². The number of rotatable bonds is 5. The summed E-state index contributed by atoms with van der Waals surface area (Å²) in [6.07, 6.45) is 0. The standard InChI is InChI=1S/C16H16N2O5/c1-3-22-16(21)11-4-6-12(7-5-11)18-15(20)13-8-9-14(23-13)17-10(2)19/h4-9H,3H2,1-2H3,(H,17,19)(H,18,20). The summed E-state index contributed by atoms with van der Waals surface area (Å²) in [6.45, 7) is 3.37. The van der Waals surface area contributed by atoms with E-state index in [0.717, 1.165) is 0 Å². The third kappa shape index (κ3) is 4.44. The lowest BCUT2D eigenvalue weighted by molar-refractivity contribution is -0.114. The van der Waals surface area contributed by atoms with Crippen LogP contribution in [0.15, 0.2) is 40.8 Å². The van der Waals surface area contributed by atoms with Gasteiger partial charge in [-0.1, -0.05) is 0 Å². The quantitative estimate of drug-likeness (QED) is 0.826. The van der Waals surface area contributed by atoms with Crippen molar-refractivity contribution >= 4 is 29.4 Å². The number of nitrogens with one attached hydrogen (secondary N) is 2. The van der Waals surface area contributed by atoms with Crippen molar-refractivity contribution in [3.05, 3.63) is 47.7 Å². The van der Waals surface area contributed by atoms with Gasteiger partial charge in [-0.25, -0.2) is 4.79 Å². The number of carbonyl (C=O) groups is 3. The molecule has 120 valence electrons. The van der Waals surface area contributed by atoms with Crippen molar-refractivity contribution in [1.29, 1.82) is 0 Å². The van der Waals surface area contributed by atoms with Gasteiger partial charge in [0.2, 0.25) is 5.91 Å². The minimum absolute atomic E-state index is 0.0585. The van der Waals surface area contributed by atoms with Crippen molar-refractivity contribution in [2.45, 2.75) is 13.8 Å². The molecule has 1 aromatic heterocycles. The average molecular weight is 316 g/mol. The van der Waals surface area contributed by atoms with Gasteiger partial charge in [-0.05, 0) is 37.3 Å². The predicted octanol–water partition coefficient (Wildman–Crippen LogP) is 2.67. The van der Waals surface area contributed by atoms with Crippen molar-refractivity contribution in [1.82, 2.24) is 0 Å². The molecule has 0 atom stereocenters. The molecule has 0 bridgehead atoms. The van der Waals surface area contributed by atoms with E-state index in [1.165, 1.54) is 19.1 Å². The Morgan fingerprint density at radius 2 is 1.74 bits per heavy atom. The van der Waals surface area contributed by atoms with Crippen LogP contribution in [0.25, 0.3) is 0 Å². The van der Waals surface area contributed by atoms with Gasteiger partial charge in [0.1, 0.15) is 0 Å². The summed E-state index contributed by atoms with van der Waals surface area (Å²) >= 11 is 0. The number of benzene rings is 1. The molecule has 0 aliphatic rings. The fraction of sp³-hybridized carbons (Fsp3) is 0.188. The second kappa shape index (κ2) is 7.26. The third-order valence-electron chi connectivity index (χ3n) is 2.78. The van der Waals surface area contributed by atoms with Crippen molar-refractivity contribution < 1.29 is 23.5 Å². The predicted molar refractivity (Wildman–Crippen MR) is 83.4 cm³/mol. The minimum Gasteiger partial charge on any atom is -0.462 e. The topological polar surface area (TPSA) is 97.6 Å². The monoisotopic (exact) mass is 316 g/mol. The molecule has 7 nitrogen and oxygen atoms in total. The van der Waals surface area contributed by atoms with E-state index in [4.69, 9.17) is 9.15 Å². The van der Waals surface area contributed by atoms with Crippen LogP contribution in [0.2, 0.25) is 0 Å². The first kappa shape index (κ1) is 16.3. The van der Waals surface area contributed by atoms with Gasteiger partial charge in [-0.15, -0.1) is 0 Å². The SMILES string of the molecule is CCOC(=O)c1ccc(NC(=O)c2ccc(NC(C)=O)o2)cc1. The van der Waals surface area contributed by atoms with Gasteiger partial charge >= 0.3 is 5.97 Å². The molecule has 0 saturated carbocycles. The molecule has 2 aromatic rings. The van der Waals surface area contributed by atoms with Crippen molar-refractivity contribution in [2.24, 2.45) is 0 Å². The highest BCUT2D eigenvalue weighted by molar-refractivity contribution is 6.03. The number of hydrogen-bond donors (Lipinski definition) is 2. The second-order valence-corrected chi connectivity index (χ2v) is 4.60. The summed E-state index contributed by atoms with van der Waals surface area (Å²) in [7, 11) is 0. The van der Waals surface area contributed by atoms with Crippen LogP contribution in [0.4, 0.5) is 11.6 Å². The van der Waals surface area contributed by atoms with Crippen molar-refractivity contribution in [3.63, 3.8) is 0 Å². The maximum absolute atomic E-state index is 12.0. The molecule has 2 rings (SSSR count). The number of carbonyl (C=O) groups excluding carboxylic acids is 3.